The second kappa shape index (κ2) is 13.0. The summed E-state index contributed by atoms with van der Waals surface area (Å²) < 4.78 is 11.8. The van der Waals surface area contributed by atoms with Crippen LogP contribution in [0.15, 0.2) is 0 Å². The van der Waals surface area contributed by atoms with Crippen LogP contribution >= 0.6 is 0 Å². The summed E-state index contributed by atoms with van der Waals surface area (Å²) >= 11 is 0. The highest BCUT2D eigenvalue weighted by Gasteiger charge is 2.71. The molecule has 4 aliphatic carbocycles. The van der Waals surface area contributed by atoms with Gasteiger partial charge in [-0.3, -0.25) is 0 Å². The maximum Gasteiger partial charge on any atom is 0.408 e. The van der Waals surface area contributed by atoms with Crippen LogP contribution < -0.4 is 5.32 Å². The lowest BCUT2D eigenvalue weighted by Crippen LogP contribution is -2.67. The average molecular weight is 678 g/mol. The van der Waals surface area contributed by atoms with Crippen molar-refractivity contribution in [3.8, 4) is 0 Å². The Hall–Kier alpha value is -1.38. The van der Waals surface area contributed by atoms with Crippen LogP contribution in [0.25, 0.3) is 0 Å². The molecule has 0 radical (unpaired) electrons. The van der Waals surface area contributed by atoms with Crippen LogP contribution in [0, 0.1) is 51.2 Å². The van der Waals surface area contributed by atoms with Gasteiger partial charge in [0, 0.05) is 5.41 Å². The maximum absolute atomic E-state index is 13.6. The van der Waals surface area contributed by atoms with Crippen LogP contribution in [0.3, 0.4) is 0 Å². The monoisotopic (exact) mass is 678 g/mol. The van der Waals surface area contributed by atoms with Crippen LogP contribution in [0.5, 0.6) is 0 Å². The number of hydrogen-bond acceptors (Lipinski definition) is 7. The Bertz CT molecular complexity index is 1180. The first kappa shape index (κ1) is 39.4. The largest absolute Gasteiger partial charge is 0.460 e. The lowest BCUT2D eigenvalue weighted by molar-refractivity contribution is -0.249. The molecule has 0 aliphatic heterocycles. The van der Waals surface area contributed by atoms with Crippen molar-refractivity contribution in [1.82, 2.24) is 5.32 Å². The Labute approximate surface area is 291 Å². The van der Waals surface area contributed by atoms with Gasteiger partial charge in [0.15, 0.2) is 0 Å². The highest BCUT2D eigenvalue weighted by Crippen LogP contribution is 2.76. The fourth-order valence-electron chi connectivity index (χ4n) is 11.9. The van der Waals surface area contributed by atoms with Crippen molar-refractivity contribution < 1.29 is 34.4 Å². The smallest absolute Gasteiger partial charge is 0.408 e. The molecule has 8 nitrogen and oxygen atoms in total. The molecule has 0 aromatic heterocycles. The molecule has 4 saturated carbocycles. The van der Waals surface area contributed by atoms with Crippen molar-refractivity contribution in [2.75, 3.05) is 0 Å². The van der Waals surface area contributed by atoms with E-state index in [1.54, 1.807) is 20.8 Å². The van der Waals surface area contributed by atoms with Gasteiger partial charge in [0.2, 0.25) is 0 Å². The van der Waals surface area contributed by atoms with Gasteiger partial charge in [-0.2, -0.15) is 0 Å². The maximum atomic E-state index is 13.6. The lowest BCUT2D eigenvalue weighted by atomic mass is 9.35. The van der Waals surface area contributed by atoms with Crippen LogP contribution in [0.1, 0.15) is 154 Å². The fourth-order valence-corrected chi connectivity index (χ4v) is 11.9. The van der Waals surface area contributed by atoms with E-state index in [4.69, 9.17) is 9.47 Å². The molecule has 11 atom stereocenters. The quantitative estimate of drug-likeness (QED) is 0.184. The van der Waals surface area contributed by atoms with E-state index in [-0.39, 0.29) is 45.5 Å². The highest BCUT2D eigenvalue weighted by atomic mass is 16.6. The second-order valence-electron chi connectivity index (χ2n) is 20.1. The lowest BCUT2D eigenvalue weighted by Gasteiger charge is -2.70. The fraction of sp³-hybridized carbons (Fsp3) is 0.950. The van der Waals surface area contributed by atoms with Gasteiger partial charge in [-0.05, 0) is 152 Å². The zero-order valence-corrected chi connectivity index (χ0v) is 32.7. The minimum atomic E-state index is -0.894. The van der Waals surface area contributed by atoms with Gasteiger partial charge in [0.25, 0.3) is 0 Å². The van der Waals surface area contributed by atoms with Crippen molar-refractivity contribution in [2.24, 2.45) is 51.2 Å². The number of aliphatic hydroxyl groups excluding tert-OH is 1. The molecule has 0 saturated heterocycles. The standard InChI is InChI=1S/C40H71NO7/c1-24(2)31(41-33(44)48-34(3,4)5)32(43)47-29-17-20-37(10)27(36(29,8)9)16-22-38(11)28(37)23-26(42)30-25(15-21-39(30,38)12)40(13,46)19-14-18-35(6,7)45/h24-31,42,45-46H,14-23H2,1-13H3,(H,41,44)/t25-,26+,27-,28+,29-,30-,31-,37-,38+,39+,40+/m0/s1. The van der Waals surface area contributed by atoms with Gasteiger partial charge in [0.1, 0.15) is 17.7 Å². The number of hydrogen-bond donors (Lipinski definition) is 4. The number of aliphatic hydroxyl groups is 3. The topological polar surface area (TPSA) is 125 Å². The predicted molar refractivity (Wildman–Crippen MR) is 189 cm³/mol. The van der Waals surface area contributed by atoms with E-state index >= 15 is 0 Å². The van der Waals surface area contributed by atoms with Gasteiger partial charge >= 0.3 is 12.1 Å². The summed E-state index contributed by atoms with van der Waals surface area (Å²) in [6.07, 6.45) is 7.01. The zero-order chi connectivity index (χ0) is 36.5. The summed E-state index contributed by atoms with van der Waals surface area (Å²) in [7, 11) is 0. The molecule has 4 aliphatic rings. The number of carbonyl (C=O) groups is 2. The summed E-state index contributed by atoms with van der Waals surface area (Å²) in [5.41, 5.74) is -2.72. The molecule has 0 aromatic carbocycles. The van der Waals surface area contributed by atoms with E-state index < -0.39 is 41.0 Å². The number of alkyl carbamates (subject to hydrolysis) is 1. The first-order chi connectivity index (χ1) is 21.7. The number of carbonyl (C=O) groups excluding carboxylic acids is 2. The van der Waals surface area contributed by atoms with E-state index in [2.05, 4.69) is 39.9 Å². The van der Waals surface area contributed by atoms with Crippen molar-refractivity contribution in [3.63, 3.8) is 0 Å². The van der Waals surface area contributed by atoms with Crippen LogP contribution in [0.4, 0.5) is 4.79 Å². The zero-order valence-electron chi connectivity index (χ0n) is 32.7. The van der Waals surface area contributed by atoms with Gasteiger partial charge in [0.05, 0.1) is 17.3 Å². The number of fused-ring (bicyclic) bond motifs is 5. The third kappa shape index (κ3) is 7.20. The number of esters is 1. The van der Waals surface area contributed by atoms with E-state index in [0.717, 1.165) is 51.4 Å². The Morgan fingerprint density at radius 2 is 1.46 bits per heavy atom. The summed E-state index contributed by atoms with van der Waals surface area (Å²) in [6, 6.07) is -0.799. The van der Waals surface area contributed by atoms with Gasteiger partial charge in [-0.1, -0.05) is 48.5 Å². The molecular weight excluding hydrogens is 606 g/mol. The van der Waals surface area contributed by atoms with E-state index in [1.165, 1.54) is 0 Å². The molecule has 4 N–H and O–H groups in total. The number of rotatable bonds is 9. The first-order valence-corrected chi connectivity index (χ1v) is 19.0. The summed E-state index contributed by atoms with van der Waals surface area (Å²) in [5, 5.41) is 37.0. The summed E-state index contributed by atoms with van der Waals surface area (Å²) in [6.45, 7) is 26.6. The SMILES string of the molecule is CC(C)[C@H](NC(=O)OC(C)(C)C)C(=O)O[C@H]1CC[C@]2(C)[C@H]3C[C@@H](O)[C@@H]4[C@@H]([C@](C)(O)CCCC(C)(C)O)CC[C@@]4(C)[C@]3(C)CC[C@H]2C1(C)C. The molecule has 0 heterocycles. The average Bonchev–Trinajstić information content (AvgIpc) is 3.29. The summed E-state index contributed by atoms with van der Waals surface area (Å²) in [4.78, 5) is 26.2. The Balaban J connectivity index is 1.53. The molecule has 8 heteroatoms. The Morgan fingerprint density at radius 1 is 0.854 bits per heavy atom. The number of nitrogens with one attached hydrogen (secondary N) is 1. The molecule has 0 bridgehead atoms. The third-order valence-corrected chi connectivity index (χ3v) is 14.4. The molecule has 0 aromatic rings. The van der Waals surface area contributed by atoms with Gasteiger partial charge < -0.3 is 30.1 Å². The van der Waals surface area contributed by atoms with Crippen LogP contribution in [0.2, 0.25) is 0 Å². The molecule has 48 heavy (non-hydrogen) atoms. The summed E-state index contributed by atoms with van der Waals surface area (Å²) in [5.74, 6) is 0.109. The van der Waals surface area contributed by atoms with Crippen molar-refractivity contribution in [3.05, 3.63) is 0 Å². The van der Waals surface area contributed by atoms with Gasteiger partial charge in [-0.25, -0.2) is 9.59 Å². The minimum Gasteiger partial charge on any atom is -0.460 e. The molecule has 4 fully saturated rings. The predicted octanol–water partition coefficient (Wildman–Crippen LogP) is 7.80. The molecular formula is C40H71NO7. The molecule has 0 spiro atoms. The Morgan fingerprint density at radius 3 is 2.02 bits per heavy atom. The normalized spacial score (nSPS) is 39.8. The molecule has 278 valence electrons. The van der Waals surface area contributed by atoms with Crippen molar-refractivity contribution in [2.45, 2.75) is 189 Å². The third-order valence-electron chi connectivity index (χ3n) is 14.4. The molecule has 0 unspecified atom stereocenters. The van der Waals surface area contributed by atoms with E-state index in [9.17, 15) is 24.9 Å². The second-order valence-corrected chi connectivity index (χ2v) is 20.1. The van der Waals surface area contributed by atoms with Crippen molar-refractivity contribution >= 4 is 12.1 Å². The van der Waals surface area contributed by atoms with Crippen LogP contribution in [-0.2, 0) is 14.3 Å². The molecule has 4 rings (SSSR count). The highest BCUT2D eigenvalue weighted by molar-refractivity contribution is 5.81. The van der Waals surface area contributed by atoms with Crippen LogP contribution in [-0.4, -0.2) is 62.4 Å². The van der Waals surface area contributed by atoms with Crippen molar-refractivity contribution in [1.29, 1.82) is 0 Å². The van der Waals surface area contributed by atoms with E-state index in [1.807, 2.05) is 34.6 Å². The van der Waals surface area contributed by atoms with Gasteiger partial charge in [-0.15, -0.1) is 0 Å². The first-order valence-electron chi connectivity index (χ1n) is 19.0. The Kier molecular flexibility index (Phi) is 10.7. The number of amides is 1. The number of ether oxygens (including phenoxy) is 2. The van der Waals surface area contributed by atoms with E-state index in [0.29, 0.717) is 24.7 Å². The molecule has 1 amide bonds. The minimum absolute atomic E-state index is 0.0136.